The number of epoxide rings is 1. The van der Waals surface area contributed by atoms with Gasteiger partial charge in [-0.2, -0.15) is 0 Å². The summed E-state index contributed by atoms with van der Waals surface area (Å²) in [4.78, 5) is 0. The molecule has 1 fully saturated rings. The van der Waals surface area contributed by atoms with Gasteiger partial charge in [0, 0.05) is 29.2 Å². The summed E-state index contributed by atoms with van der Waals surface area (Å²) >= 11 is 0. The van der Waals surface area contributed by atoms with E-state index in [9.17, 15) is 10.2 Å². The van der Waals surface area contributed by atoms with Gasteiger partial charge in [0.2, 0.25) is 0 Å². The number of phenols is 2. The van der Waals surface area contributed by atoms with Crippen LogP contribution < -0.4 is 9.47 Å². The Bertz CT molecular complexity index is 873. The van der Waals surface area contributed by atoms with Crippen LogP contribution >= 0.6 is 0 Å². The summed E-state index contributed by atoms with van der Waals surface area (Å²) < 4.78 is 17.8. The van der Waals surface area contributed by atoms with Crippen molar-refractivity contribution in [3.8, 4) is 23.0 Å². The average molecular weight is 340 g/mol. The maximum atomic E-state index is 10.4. The fourth-order valence-electron chi connectivity index (χ4n) is 3.96. The molecule has 2 N–H and O–H groups in total. The lowest BCUT2D eigenvalue weighted by molar-refractivity contribution is 0.138. The van der Waals surface area contributed by atoms with E-state index in [-0.39, 0.29) is 35.2 Å². The molecule has 3 unspecified atom stereocenters. The summed E-state index contributed by atoms with van der Waals surface area (Å²) in [6, 6.07) is 8.78. The quantitative estimate of drug-likeness (QED) is 0.820. The largest absolute Gasteiger partial charge is 0.508 e. The fourth-order valence-corrected chi connectivity index (χ4v) is 3.96. The molecule has 0 radical (unpaired) electrons. The number of hydrogen-bond donors (Lipinski definition) is 2. The zero-order chi connectivity index (χ0) is 17.3. The third kappa shape index (κ3) is 2.19. The van der Waals surface area contributed by atoms with E-state index in [1.807, 2.05) is 12.1 Å². The first-order chi connectivity index (χ1) is 11.9. The Hall–Kier alpha value is -2.40. The van der Waals surface area contributed by atoms with Gasteiger partial charge in [-0.25, -0.2) is 0 Å². The second-order valence-electron chi connectivity index (χ2n) is 7.57. The highest BCUT2D eigenvalue weighted by atomic mass is 16.6. The standard InChI is InChI=1S/C20H20O5/c1-20(2)17(25-20)8-13-15(22)6-5-11-14-9-23-16-7-10(21)3-4-12(16)19(14)24-18(11)13/h3-7,14,17,19,21-22H,8-9H2,1-2H3. The molecule has 3 heterocycles. The van der Waals surface area contributed by atoms with Gasteiger partial charge in [-0.1, -0.05) is 6.07 Å². The molecule has 25 heavy (non-hydrogen) atoms. The Labute approximate surface area is 145 Å². The highest BCUT2D eigenvalue weighted by Gasteiger charge is 2.49. The average Bonchev–Trinajstić information content (AvgIpc) is 3.00. The molecule has 0 bridgehead atoms. The molecule has 0 saturated carbocycles. The van der Waals surface area contributed by atoms with Gasteiger partial charge >= 0.3 is 0 Å². The summed E-state index contributed by atoms with van der Waals surface area (Å²) in [5.41, 5.74) is 2.66. The van der Waals surface area contributed by atoms with E-state index in [2.05, 4.69) is 13.8 Å². The lowest BCUT2D eigenvalue weighted by Gasteiger charge is -2.27. The Kier molecular flexibility index (Phi) is 2.87. The van der Waals surface area contributed by atoms with Crippen LogP contribution in [0.25, 0.3) is 0 Å². The van der Waals surface area contributed by atoms with Gasteiger partial charge in [0.05, 0.1) is 24.2 Å². The van der Waals surface area contributed by atoms with Crippen LogP contribution in [-0.4, -0.2) is 28.5 Å². The summed E-state index contributed by atoms with van der Waals surface area (Å²) in [6.45, 7) is 4.59. The third-order valence-electron chi connectivity index (χ3n) is 5.55. The second kappa shape index (κ2) is 4.82. The molecule has 0 aromatic heterocycles. The van der Waals surface area contributed by atoms with E-state index in [4.69, 9.17) is 14.2 Å². The molecule has 5 nitrogen and oxygen atoms in total. The maximum Gasteiger partial charge on any atom is 0.138 e. The molecule has 5 rings (SSSR count). The number of fused-ring (bicyclic) bond motifs is 5. The molecular formula is C20H20O5. The first-order valence-electron chi connectivity index (χ1n) is 8.59. The highest BCUT2D eigenvalue weighted by molar-refractivity contribution is 5.57. The predicted octanol–water partition coefficient (Wildman–Crippen LogP) is 3.43. The molecule has 1 saturated heterocycles. The van der Waals surface area contributed by atoms with Crippen LogP contribution in [0.15, 0.2) is 30.3 Å². The molecule has 3 aliphatic heterocycles. The number of ether oxygens (including phenoxy) is 3. The zero-order valence-corrected chi connectivity index (χ0v) is 14.2. The lowest BCUT2D eigenvalue weighted by atomic mass is 9.88. The van der Waals surface area contributed by atoms with E-state index < -0.39 is 0 Å². The van der Waals surface area contributed by atoms with Crippen molar-refractivity contribution in [2.45, 2.75) is 44.0 Å². The third-order valence-corrected chi connectivity index (χ3v) is 5.55. The molecule has 130 valence electrons. The van der Waals surface area contributed by atoms with Crippen LogP contribution in [0.4, 0.5) is 0 Å². The summed E-state index contributed by atoms with van der Waals surface area (Å²) in [7, 11) is 0. The van der Waals surface area contributed by atoms with Crippen molar-refractivity contribution in [3.63, 3.8) is 0 Å². The van der Waals surface area contributed by atoms with E-state index in [0.717, 1.165) is 22.4 Å². The SMILES string of the molecule is CC1(C)OC1Cc1c(O)ccc2c1OC1c3ccc(O)cc3OCC21. The summed E-state index contributed by atoms with van der Waals surface area (Å²) in [5.74, 6) is 1.92. The van der Waals surface area contributed by atoms with Gasteiger partial charge in [0.1, 0.15) is 29.1 Å². The van der Waals surface area contributed by atoms with Crippen LogP contribution in [0.1, 0.15) is 42.6 Å². The van der Waals surface area contributed by atoms with Gasteiger partial charge in [-0.15, -0.1) is 0 Å². The topological polar surface area (TPSA) is 71.5 Å². The van der Waals surface area contributed by atoms with Gasteiger partial charge in [-0.3, -0.25) is 0 Å². The lowest BCUT2D eigenvalue weighted by Crippen LogP contribution is -2.22. The number of phenolic OH excluding ortho intramolecular Hbond substituents is 2. The predicted molar refractivity (Wildman–Crippen MR) is 90.5 cm³/mol. The molecular weight excluding hydrogens is 320 g/mol. The molecule has 0 spiro atoms. The normalized spacial score (nSPS) is 27.5. The highest BCUT2D eigenvalue weighted by Crippen LogP contribution is 2.54. The van der Waals surface area contributed by atoms with Crippen molar-refractivity contribution in [2.24, 2.45) is 0 Å². The summed E-state index contributed by atoms with van der Waals surface area (Å²) in [6.07, 6.45) is 0.565. The molecule has 0 aliphatic carbocycles. The first-order valence-corrected chi connectivity index (χ1v) is 8.59. The van der Waals surface area contributed by atoms with Crippen LogP contribution in [0, 0.1) is 0 Å². The Balaban J connectivity index is 1.54. The number of aromatic hydroxyl groups is 2. The van der Waals surface area contributed by atoms with Crippen molar-refractivity contribution in [2.75, 3.05) is 6.61 Å². The Morgan fingerprint density at radius 2 is 1.88 bits per heavy atom. The fraction of sp³-hybridized carbons (Fsp3) is 0.400. The van der Waals surface area contributed by atoms with Gasteiger partial charge < -0.3 is 24.4 Å². The van der Waals surface area contributed by atoms with Crippen molar-refractivity contribution < 1.29 is 24.4 Å². The van der Waals surface area contributed by atoms with Crippen LogP contribution in [-0.2, 0) is 11.2 Å². The zero-order valence-electron chi connectivity index (χ0n) is 14.2. The minimum absolute atomic E-state index is 0.0829. The van der Waals surface area contributed by atoms with Crippen LogP contribution in [0.5, 0.6) is 23.0 Å². The van der Waals surface area contributed by atoms with Crippen molar-refractivity contribution >= 4 is 0 Å². The number of hydrogen-bond acceptors (Lipinski definition) is 5. The van der Waals surface area contributed by atoms with E-state index in [0.29, 0.717) is 18.8 Å². The molecule has 2 aromatic carbocycles. The summed E-state index contributed by atoms with van der Waals surface area (Å²) in [5, 5.41) is 20.1. The van der Waals surface area contributed by atoms with Crippen LogP contribution in [0.2, 0.25) is 0 Å². The maximum absolute atomic E-state index is 10.4. The number of rotatable bonds is 2. The monoisotopic (exact) mass is 340 g/mol. The van der Waals surface area contributed by atoms with Gasteiger partial charge in [-0.05, 0) is 32.0 Å². The first kappa shape index (κ1) is 14.9. The molecule has 3 aliphatic rings. The second-order valence-corrected chi connectivity index (χ2v) is 7.57. The molecule has 0 amide bonds. The van der Waals surface area contributed by atoms with E-state index in [1.165, 1.54) is 0 Å². The minimum Gasteiger partial charge on any atom is -0.508 e. The number of benzene rings is 2. The van der Waals surface area contributed by atoms with Crippen molar-refractivity contribution in [1.82, 2.24) is 0 Å². The Morgan fingerprint density at radius 3 is 2.64 bits per heavy atom. The minimum atomic E-state index is -0.159. The van der Waals surface area contributed by atoms with E-state index >= 15 is 0 Å². The van der Waals surface area contributed by atoms with Crippen molar-refractivity contribution in [1.29, 1.82) is 0 Å². The smallest absolute Gasteiger partial charge is 0.138 e. The van der Waals surface area contributed by atoms with Crippen molar-refractivity contribution in [3.05, 3.63) is 47.0 Å². The van der Waals surface area contributed by atoms with Gasteiger partial charge in [0.25, 0.3) is 0 Å². The molecule has 2 aromatic rings. The molecule has 3 atom stereocenters. The Morgan fingerprint density at radius 1 is 1.12 bits per heavy atom. The van der Waals surface area contributed by atoms with Crippen LogP contribution in [0.3, 0.4) is 0 Å². The van der Waals surface area contributed by atoms with Gasteiger partial charge in [0.15, 0.2) is 0 Å². The van der Waals surface area contributed by atoms with E-state index in [1.54, 1.807) is 18.2 Å². The molecule has 5 heteroatoms.